The topological polar surface area (TPSA) is 174 Å². The van der Waals surface area contributed by atoms with Crippen LogP contribution in [-0.2, 0) is 14.3 Å². The highest BCUT2D eigenvalue weighted by Gasteiger charge is 2.31. The van der Waals surface area contributed by atoms with Gasteiger partial charge >= 0.3 is 12.1 Å². The second-order valence-electron chi connectivity index (χ2n) is 9.16. The number of carbonyl (C=O) groups is 4. The van der Waals surface area contributed by atoms with E-state index in [9.17, 15) is 24.3 Å². The normalized spacial score (nSPS) is 13.8. The molecule has 13 heteroatoms. The molecule has 1 aliphatic rings. The molecule has 1 atom stereocenters. The zero-order valence-electron chi connectivity index (χ0n) is 22.5. The summed E-state index contributed by atoms with van der Waals surface area (Å²) < 4.78 is 5.01. The van der Waals surface area contributed by atoms with Gasteiger partial charge in [0.25, 0.3) is 5.91 Å². The molecule has 3 rings (SSSR count). The van der Waals surface area contributed by atoms with Gasteiger partial charge in [-0.3, -0.25) is 14.4 Å². The van der Waals surface area contributed by atoms with Gasteiger partial charge in [0.2, 0.25) is 5.91 Å². The molecular formula is C27H36N6O7. The largest absolute Gasteiger partial charge is 0.481 e. The molecule has 4 N–H and O–H groups in total. The first-order valence-corrected chi connectivity index (χ1v) is 13.3. The lowest BCUT2D eigenvalue weighted by Crippen LogP contribution is -2.56. The third kappa shape index (κ3) is 8.90. The summed E-state index contributed by atoms with van der Waals surface area (Å²) >= 11 is 0. The van der Waals surface area contributed by atoms with Crippen molar-refractivity contribution in [2.45, 2.75) is 38.6 Å². The molecule has 3 amide bonds. The summed E-state index contributed by atoms with van der Waals surface area (Å²) in [5, 5.41) is 24.1. The average molecular weight is 557 g/mol. The zero-order valence-corrected chi connectivity index (χ0v) is 22.5. The van der Waals surface area contributed by atoms with Gasteiger partial charge in [-0.15, -0.1) is 0 Å². The fraction of sp³-hybridized carbons (Fsp3) is 0.481. The molecule has 0 radical (unpaired) electrons. The number of ether oxygens (including phenoxy) is 1. The summed E-state index contributed by atoms with van der Waals surface area (Å²) in [5.74, 6) is -1.46. The molecule has 13 nitrogen and oxygen atoms in total. The lowest BCUT2D eigenvalue weighted by molar-refractivity contribution is -0.138. The molecule has 0 spiro atoms. The van der Waals surface area contributed by atoms with Gasteiger partial charge < -0.3 is 35.4 Å². The van der Waals surface area contributed by atoms with Crippen LogP contribution in [0.5, 0.6) is 0 Å². The Hall–Kier alpha value is -4.26. The molecular weight excluding hydrogens is 520 g/mol. The van der Waals surface area contributed by atoms with E-state index in [4.69, 9.17) is 9.84 Å². The Morgan fingerprint density at radius 1 is 1.02 bits per heavy atom. The number of unbranched alkanes of at least 4 members (excludes halogenated alkanes) is 1. The molecule has 0 saturated carbocycles. The van der Waals surface area contributed by atoms with E-state index >= 15 is 0 Å². The second kappa shape index (κ2) is 15.4. The first-order chi connectivity index (χ1) is 19.3. The number of carboxylic acid groups (broad SMARTS) is 1. The minimum atomic E-state index is -1.10. The van der Waals surface area contributed by atoms with Crippen molar-refractivity contribution in [3.8, 4) is 11.4 Å². The van der Waals surface area contributed by atoms with E-state index < -0.39 is 29.9 Å². The van der Waals surface area contributed by atoms with Crippen LogP contribution in [0.4, 0.5) is 10.6 Å². The van der Waals surface area contributed by atoms with E-state index in [0.29, 0.717) is 36.6 Å². The number of aliphatic hydroxyl groups excluding tert-OH is 1. The highest BCUT2D eigenvalue weighted by molar-refractivity contribution is 5.97. The van der Waals surface area contributed by atoms with E-state index in [2.05, 4.69) is 20.6 Å². The molecule has 1 fully saturated rings. The molecule has 2 aromatic rings. The molecule has 216 valence electrons. The molecule has 1 aromatic heterocycles. The first-order valence-electron chi connectivity index (χ1n) is 13.3. The van der Waals surface area contributed by atoms with Crippen molar-refractivity contribution < 1.29 is 34.1 Å². The van der Waals surface area contributed by atoms with Crippen LogP contribution >= 0.6 is 0 Å². The van der Waals surface area contributed by atoms with Crippen LogP contribution in [0.25, 0.3) is 11.4 Å². The number of rotatable bonds is 13. The van der Waals surface area contributed by atoms with Gasteiger partial charge in [-0.1, -0.05) is 30.3 Å². The van der Waals surface area contributed by atoms with Crippen LogP contribution in [-0.4, -0.2) is 106 Å². The Morgan fingerprint density at radius 3 is 2.38 bits per heavy atom. The smallest absolute Gasteiger partial charge is 0.409 e. The maximum Gasteiger partial charge on any atom is 0.409 e. The summed E-state index contributed by atoms with van der Waals surface area (Å²) in [6, 6.07) is 9.47. The lowest BCUT2D eigenvalue weighted by atomic mass is 10.1. The third-order valence-electron chi connectivity index (χ3n) is 6.25. The van der Waals surface area contributed by atoms with Crippen molar-refractivity contribution in [1.29, 1.82) is 0 Å². The number of hydrogen-bond acceptors (Lipinski definition) is 9. The molecule has 0 aliphatic carbocycles. The average Bonchev–Trinajstić information content (AvgIpc) is 2.97. The van der Waals surface area contributed by atoms with Gasteiger partial charge in [-0.05, 0) is 26.2 Å². The molecule has 1 saturated heterocycles. The van der Waals surface area contributed by atoms with Crippen LogP contribution in [0.1, 0.15) is 43.1 Å². The number of aromatic nitrogens is 2. The summed E-state index contributed by atoms with van der Waals surface area (Å²) in [7, 11) is 0. The van der Waals surface area contributed by atoms with Crippen LogP contribution in [0, 0.1) is 0 Å². The SMILES string of the molecule is CCOC(=O)N1CCN(C(=O)C(CCC(=O)O)NC(=O)c2cc(NCCCCO)nc(-c3ccccc3)n2)CC1. The molecule has 1 aliphatic heterocycles. The Balaban J connectivity index is 1.78. The highest BCUT2D eigenvalue weighted by Crippen LogP contribution is 2.19. The van der Waals surface area contributed by atoms with Crippen molar-refractivity contribution >= 4 is 29.7 Å². The molecule has 2 heterocycles. The monoisotopic (exact) mass is 556 g/mol. The summed E-state index contributed by atoms with van der Waals surface area (Å²) in [4.78, 5) is 61.9. The summed E-state index contributed by atoms with van der Waals surface area (Å²) in [6.07, 6.45) is 0.414. The van der Waals surface area contributed by atoms with Crippen molar-refractivity contribution in [2.24, 2.45) is 0 Å². The zero-order chi connectivity index (χ0) is 28.9. The van der Waals surface area contributed by atoms with Gasteiger partial charge in [-0.25, -0.2) is 14.8 Å². The van der Waals surface area contributed by atoms with Crippen molar-refractivity contribution in [1.82, 2.24) is 25.1 Å². The standard InChI is InChI=1S/C27H36N6O7/c1-2-40-27(39)33-15-13-32(14-16-33)26(38)20(10-11-23(35)36)30-25(37)21-18-22(28-12-6-7-17-34)31-24(29-21)19-8-4-3-5-9-19/h3-5,8-9,18,20,34H,2,6-7,10-17H2,1H3,(H,30,37)(H,35,36)(H,28,29,31). The van der Waals surface area contributed by atoms with E-state index in [-0.39, 0.29) is 57.9 Å². The number of anilines is 1. The molecule has 1 unspecified atom stereocenters. The van der Waals surface area contributed by atoms with E-state index in [1.165, 1.54) is 15.9 Å². The van der Waals surface area contributed by atoms with Crippen molar-refractivity contribution in [3.05, 3.63) is 42.1 Å². The maximum absolute atomic E-state index is 13.4. The summed E-state index contributed by atoms with van der Waals surface area (Å²) in [5.41, 5.74) is 0.701. The van der Waals surface area contributed by atoms with Gasteiger partial charge in [-0.2, -0.15) is 0 Å². The van der Waals surface area contributed by atoms with Crippen LogP contribution < -0.4 is 10.6 Å². The van der Waals surface area contributed by atoms with Gasteiger partial charge in [0.05, 0.1) is 6.61 Å². The van der Waals surface area contributed by atoms with E-state index in [1.54, 1.807) is 6.92 Å². The number of nitrogens with one attached hydrogen (secondary N) is 2. The number of carboxylic acids is 1. The maximum atomic E-state index is 13.4. The van der Waals surface area contributed by atoms with Crippen molar-refractivity contribution in [3.63, 3.8) is 0 Å². The van der Waals surface area contributed by atoms with E-state index in [0.717, 1.165) is 0 Å². The van der Waals surface area contributed by atoms with E-state index in [1.807, 2.05) is 30.3 Å². The number of amides is 3. The second-order valence-corrected chi connectivity index (χ2v) is 9.16. The van der Waals surface area contributed by atoms with Crippen LogP contribution in [0.3, 0.4) is 0 Å². The number of carbonyl (C=O) groups excluding carboxylic acids is 3. The Labute approximate surface area is 232 Å². The Kier molecular flexibility index (Phi) is 11.6. The number of aliphatic hydroxyl groups is 1. The van der Waals surface area contributed by atoms with Gasteiger partial charge in [0.1, 0.15) is 17.6 Å². The summed E-state index contributed by atoms with van der Waals surface area (Å²) in [6.45, 7) is 3.53. The fourth-order valence-corrected chi connectivity index (χ4v) is 4.13. The lowest BCUT2D eigenvalue weighted by Gasteiger charge is -2.35. The van der Waals surface area contributed by atoms with Gasteiger partial charge in [0, 0.05) is 57.4 Å². The molecule has 0 bridgehead atoms. The van der Waals surface area contributed by atoms with Crippen molar-refractivity contribution in [2.75, 3.05) is 51.3 Å². The predicted octanol–water partition coefficient (Wildman–Crippen LogP) is 1.59. The quantitative estimate of drug-likeness (QED) is 0.265. The molecule has 40 heavy (non-hydrogen) atoms. The number of aliphatic carboxylic acids is 1. The van der Waals surface area contributed by atoms with Crippen LogP contribution in [0.15, 0.2) is 36.4 Å². The first kappa shape index (κ1) is 30.3. The highest BCUT2D eigenvalue weighted by atomic mass is 16.6. The number of nitrogens with zero attached hydrogens (tertiary/aromatic N) is 4. The number of piperazine rings is 1. The fourth-order valence-electron chi connectivity index (χ4n) is 4.13. The third-order valence-corrected chi connectivity index (χ3v) is 6.25. The van der Waals surface area contributed by atoms with Gasteiger partial charge in [0.15, 0.2) is 5.82 Å². The predicted molar refractivity (Wildman–Crippen MR) is 146 cm³/mol. The minimum absolute atomic E-state index is 0.0127. The minimum Gasteiger partial charge on any atom is -0.481 e. The Bertz CT molecular complexity index is 1160. The number of benzene rings is 1. The molecule has 1 aromatic carbocycles. The number of hydrogen-bond donors (Lipinski definition) is 4. The van der Waals surface area contributed by atoms with Crippen LogP contribution in [0.2, 0.25) is 0 Å². The Morgan fingerprint density at radius 2 is 1.73 bits per heavy atom.